The average Bonchev–Trinajstić information content (AvgIpc) is 2.74. The molecule has 2 heterocycles. The molecule has 2 nitrogen and oxygen atoms in total. The second-order valence-corrected chi connectivity index (χ2v) is 6.92. The van der Waals surface area contributed by atoms with Crippen molar-refractivity contribution in [2.45, 2.75) is 25.0 Å². The van der Waals surface area contributed by atoms with Crippen LogP contribution >= 0.6 is 34.7 Å². The van der Waals surface area contributed by atoms with E-state index in [4.69, 9.17) is 11.6 Å². The summed E-state index contributed by atoms with van der Waals surface area (Å²) in [6.07, 6.45) is 2.00. The Morgan fingerprint density at radius 3 is 2.81 bits per heavy atom. The van der Waals surface area contributed by atoms with Crippen LogP contribution in [0, 0.1) is 0 Å². The number of hydrogen-bond donors (Lipinski definition) is 2. The highest BCUT2D eigenvalue weighted by molar-refractivity contribution is 7.99. The fourth-order valence-electron chi connectivity index (χ4n) is 1.79. The van der Waals surface area contributed by atoms with Crippen molar-refractivity contribution in [2.24, 2.45) is 0 Å². The smallest absolute Gasteiger partial charge is 0.101 e. The van der Waals surface area contributed by atoms with Crippen LogP contribution in [0.1, 0.15) is 23.8 Å². The average molecular weight is 278 g/mol. The second kappa shape index (κ2) is 6.26. The lowest BCUT2D eigenvalue weighted by atomic mass is 10.1. The van der Waals surface area contributed by atoms with Crippen LogP contribution < -0.4 is 5.32 Å². The van der Waals surface area contributed by atoms with Gasteiger partial charge in [0.15, 0.2) is 0 Å². The first-order valence-electron chi connectivity index (χ1n) is 5.50. The van der Waals surface area contributed by atoms with Crippen LogP contribution in [-0.4, -0.2) is 29.2 Å². The van der Waals surface area contributed by atoms with Crippen molar-refractivity contribution in [1.29, 1.82) is 0 Å². The van der Waals surface area contributed by atoms with Gasteiger partial charge >= 0.3 is 0 Å². The molecule has 90 valence electrons. The fourth-order valence-corrected chi connectivity index (χ4v) is 3.94. The number of rotatable bonds is 4. The van der Waals surface area contributed by atoms with Crippen LogP contribution in [0.4, 0.5) is 0 Å². The van der Waals surface area contributed by atoms with E-state index in [1.165, 1.54) is 35.7 Å². The fraction of sp³-hybridized carbons (Fsp3) is 0.636. The van der Waals surface area contributed by atoms with Gasteiger partial charge in [-0.3, -0.25) is 0 Å². The molecule has 2 rings (SSSR count). The van der Waals surface area contributed by atoms with Gasteiger partial charge < -0.3 is 10.4 Å². The van der Waals surface area contributed by atoms with E-state index in [-0.39, 0.29) is 0 Å². The van der Waals surface area contributed by atoms with E-state index < -0.39 is 6.10 Å². The maximum atomic E-state index is 9.95. The molecular formula is C11H16ClNOS2. The van der Waals surface area contributed by atoms with Gasteiger partial charge in [0, 0.05) is 17.5 Å². The highest BCUT2D eigenvalue weighted by Crippen LogP contribution is 2.26. The molecule has 0 saturated carbocycles. The van der Waals surface area contributed by atoms with Gasteiger partial charge in [0.2, 0.25) is 0 Å². The maximum absolute atomic E-state index is 9.95. The molecule has 0 amide bonds. The van der Waals surface area contributed by atoms with Gasteiger partial charge in [0.1, 0.15) is 6.10 Å². The van der Waals surface area contributed by atoms with Gasteiger partial charge in [-0.2, -0.15) is 11.8 Å². The van der Waals surface area contributed by atoms with Crippen molar-refractivity contribution in [1.82, 2.24) is 5.32 Å². The first-order valence-corrected chi connectivity index (χ1v) is 7.85. The van der Waals surface area contributed by atoms with Crippen LogP contribution in [0.5, 0.6) is 0 Å². The molecule has 0 aliphatic carbocycles. The number of nitrogens with one attached hydrogen (secondary N) is 1. The van der Waals surface area contributed by atoms with Crippen molar-refractivity contribution in [3.05, 3.63) is 21.3 Å². The molecule has 1 unspecified atom stereocenters. The van der Waals surface area contributed by atoms with Crippen LogP contribution in [0.25, 0.3) is 0 Å². The van der Waals surface area contributed by atoms with E-state index in [1.54, 1.807) is 0 Å². The number of halogens is 1. The molecule has 1 aromatic rings. The van der Waals surface area contributed by atoms with Gasteiger partial charge in [-0.1, -0.05) is 11.6 Å². The minimum Gasteiger partial charge on any atom is -0.386 e. The highest BCUT2D eigenvalue weighted by atomic mass is 35.5. The number of hydrogen-bond acceptors (Lipinski definition) is 4. The van der Waals surface area contributed by atoms with Crippen molar-refractivity contribution in [3.8, 4) is 0 Å². The molecule has 16 heavy (non-hydrogen) atoms. The van der Waals surface area contributed by atoms with Gasteiger partial charge in [-0.25, -0.2) is 0 Å². The highest BCUT2D eigenvalue weighted by Gasteiger charge is 2.16. The third kappa shape index (κ3) is 3.64. The SMILES string of the molecule is OC(CNC1CCSCC1)c1ccc(Cl)s1. The molecule has 1 aliphatic heterocycles. The Bertz CT molecular complexity index is 326. The normalized spacial score (nSPS) is 19.9. The Hall–Kier alpha value is 0.260. The third-order valence-electron chi connectivity index (χ3n) is 2.74. The maximum Gasteiger partial charge on any atom is 0.101 e. The number of aliphatic hydroxyl groups is 1. The van der Waals surface area contributed by atoms with Gasteiger partial charge in [0.25, 0.3) is 0 Å². The summed E-state index contributed by atoms with van der Waals surface area (Å²) >= 11 is 9.31. The molecule has 5 heteroatoms. The summed E-state index contributed by atoms with van der Waals surface area (Å²) in [4.78, 5) is 0.947. The molecule has 2 N–H and O–H groups in total. The summed E-state index contributed by atoms with van der Waals surface area (Å²) in [5.74, 6) is 2.47. The molecule has 1 aromatic heterocycles. The molecule has 0 aromatic carbocycles. The van der Waals surface area contributed by atoms with Crippen molar-refractivity contribution in [3.63, 3.8) is 0 Å². The Morgan fingerprint density at radius 2 is 2.19 bits per heavy atom. The number of aliphatic hydroxyl groups excluding tert-OH is 1. The quantitative estimate of drug-likeness (QED) is 0.888. The van der Waals surface area contributed by atoms with Gasteiger partial charge in [-0.05, 0) is 36.5 Å². The van der Waals surface area contributed by atoms with E-state index in [2.05, 4.69) is 5.32 Å². The Balaban J connectivity index is 1.76. The topological polar surface area (TPSA) is 32.3 Å². The van der Waals surface area contributed by atoms with E-state index in [0.29, 0.717) is 12.6 Å². The summed E-state index contributed by atoms with van der Waals surface area (Å²) in [5.41, 5.74) is 0. The third-order valence-corrected chi connectivity index (χ3v) is 5.12. The number of thioether (sulfide) groups is 1. The lowest BCUT2D eigenvalue weighted by Crippen LogP contribution is -2.35. The molecule has 1 aliphatic rings. The van der Waals surface area contributed by atoms with Gasteiger partial charge in [0.05, 0.1) is 4.34 Å². The lowest BCUT2D eigenvalue weighted by molar-refractivity contribution is 0.172. The summed E-state index contributed by atoms with van der Waals surface area (Å²) in [5, 5.41) is 13.4. The van der Waals surface area contributed by atoms with Gasteiger partial charge in [-0.15, -0.1) is 11.3 Å². The Labute approximate surface area is 109 Å². The van der Waals surface area contributed by atoms with Crippen LogP contribution in [0.3, 0.4) is 0 Å². The first-order chi connectivity index (χ1) is 7.75. The first kappa shape index (κ1) is 12.7. The Kier molecular flexibility index (Phi) is 4.97. The van der Waals surface area contributed by atoms with E-state index in [1.807, 2.05) is 23.9 Å². The zero-order chi connectivity index (χ0) is 11.4. The van der Waals surface area contributed by atoms with E-state index >= 15 is 0 Å². The zero-order valence-electron chi connectivity index (χ0n) is 8.99. The molecular weight excluding hydrogens is 262 g/mol. The predicted molar refractivity (Wildman–Crippen MR) is 72.6 cm³/mol. The second-order valence-electron chi connectivity index (χ2n) is 3.95. The Morgan fingerprint density at radius 1 is 1.44 bits per heavy atom. The molecule has 1 saturated heterocycles. The van der Waals surface area contributed by atoms with Crippen molar-refractivity contribution < 1.29 is 5.11 Å². The summed E-state index contributed by atoms with van der Waals surface area (Å²) in [7, 11) is 0. The van der Waals surface area contributed by atoms with Crippen LogP contribution in [0.15, 0.2) is 12.1 Å². The van der Waals surface area contributed by atoms with Crippen LogP contribution in [0.2, 0.25) is 4.34 Å². The minimum atomic E-state index is -0.424. The zero-order valence-corrected chi connectivity index (χ0v) is 11.4. The van der Waals surface area contributed by atoms with E-state index in [9.17, 15) is 5.11 Å². The molecule has 0 spiro atoms. The summed E-state index contributed by atoms with van der Waals surface area (Å²) in [6, 6.07) is 4.31. The monoisotopic (exact) mass is 277 g/mol. The minimum absolute atomic E-state index is 0.424. The lowest BCUT2D eigenvalue weighted by Gasteiger charge is -2.23. The standard InChI is InChI=1S/C11H16ClNOS2/c12-11-2-1-10(16-11)9(14)7-13-8-3-5-15-6-4-8/h1-2,8-9,13-14H,3-7H2. The van der Waals surface area contributed by atoms with Crippen LogP contribution in [-0.2, 0) is 0 Å². The molecule has 1 fully saturated rings. The summed E-state index contributed by atoms with van der Waals surface area (Å²) in [6.45, 7) is 0.631. The molecule has 0 radical (unpaired) electrons. The predicted octanol–water partition coefficient (Wildman–Crippen LogP) is 2.92. The largest absolute Gasteiger partial charge is 0.386 e. The molecule has 0 bridgehead atoms. The van der Waals surface area contributed by atoms with E-state index in [0.717, 1.165) is 9.21 Å². The summed E-state index contributed by atoms with van der Waals surface area (Å²) < 4.78 is 0.739. The van der Waals surface area contributed by atoms with Crippen molar-refractivity contribution in [2.75, 3.05) is 18.1 Å². The van der Waals surface area contributed by atoms with Crippen molar-refractivity contribution >= 4 is 34.7 Å². The molecule has 1 atom stereocenters. The number of thiophene rings is 1.